The number of pyridine rings is 1. The maximum Gasteiger partial charge on any atom is 0.259 e. The van der Waals surface area contributed by atoms with Crippen molar-refractivity contribution in [2.24, 2.45) is 0 Å². The standard InChI is InChI=1S/C23H20FN3O2/c1-15-9-10-19(24)20(12-15)26-23(28)18-7-3-4-8-21(18)29-14-17-13-27-11-5-6-16(2)22(27)25-17/h3-13H,14H2,1-2H3,(H,26,28). The van der Waals surface area contributed by atoms with Crippen molar-refractivity contribution in [3.63, 3.8) is 0 Å². The lowest BCUT2D eigenvalue weighted by Gasteiger charge is -2.12. The van der Waals surface area contributed by atoms with Gasteiger partial charge in [-0.3, -0.25) is 4.79 Å². The number of fused-ring (bicyclic) bond motifs is 1. The number of hydrogen-bond acceptors (Lipinski definition) is 3. The molecule has 2 aromatic heterocycles. The van der Waals surface area contributed by atoms with Crippen LogP contribution < -0.4 is 10.1 Å². The SMILES string of the molecule is Cc1ccc(F)c(NC(=O)c2ccccc2OCc2cn3cccc(C)c3n2)c1. The molecule has 0 unspecified atom stereocenters. The second kappa shape index (κ2) is 7.75. The molecule has 4 rings (SSSR count). The lowest BCUT2D eigenvalue weighted by molar-refractivity contribution is 0.102. The Labute approximate surface area is 167 Å². The van der Waals surface area contributed by atoms with Crippen molar-refractivity contribution in [3.05, 3.63) is 95.2 Å². The van der Waals surface area contributed by atoms with Gasteiger partial charge in [0.25, 0.3) is 5.91 Å². The molecule has 5 nitrogen and oxygen atoms in total. The Morgan fingerprint density at radius 1 is 1.14 bits per heavy atom. The molecule has 4 aromatic rings. The van der Waals surface area contributed by atoms with Gasteiger partial charge in [0.05, 0.1) is 16.9 Å². The fraction of sp³-hybridized carbons (Fsp3) is 0.130. The largest absolute Gasteiger partial charge is 0.486 e. The van der Waals surface area contributed by atoms with E-state index in [9.17, 15) is 9.18 Å². The zero-order valence-corrected chi connectivity index (χ0v) is 16.1. The van der Waals surface area contributed by atoms with E-state index >= 15 is 0 Å². The number of ether oxygens (including phenoxy) is 1. The highest BCUT2D eigenvalue weighted by Gasteiger charge is 2.15. The number of aryl methyl sites for hydroxylation is 2. The molecule has 0 bridgehead atoms. The molecule has 0 aliphatic heterocycles. The van der Waals surface area contributed by atoms with E-state index in [1.165, 1.54) is 6.07 Å². The highest BCUT2D eigenvalue weighted by molar-refractivity contribution is 6.06. The van der Waals surface area contributed by atoms with E-state index in [2.05, 4.69) is 10.3 Å². The normalized spacial score (nSPS) is 10.9. The van der Waals surface area contributed by atoms with Crippen LogP contribution in [0.15, 0.2) is 67.0 Å². The molecular weight excluding hydrogens is 369 g/mol. The molecule has 0 aliphatic carbocycles. The van der Waals surface area contributed by atoms with Crippen molar-refractivity contribution < 1.29 is 13.9 Å². The van der Waals surface area contributed by atoms with Crippen molar-refractivity contribution >= 4 is 17.2 Å². The van der Waals surface area contributed by atoms with Crippen LogP contribution in [-0.4, -0.2) is 15.3 Å². The van der Waals surface area contributed by atoms with E-state index in [-0.39, 0.29) is 12.3 Å². The maximum atomic E-state index is 14.0. The number of imidazole rings is 1. The molecule has 0 saturated carbocycles. The van der Waals surface area contributed by atoms with Gasteiger partial charge in [-0.05, 0) is 55.3 Å². The van der Waals surface area contributed by atoms with Gasteiger partial charge in [0.1, 0.15) is 23.8 Å². The zero-order valence-electron chi connectivity index (χ0n) is 16.1. The van der Waals surface area contributed by atoms with E-state index in [1.54, 1.807) is 36.4 Å². The quantitative estimate of drug-likeness (QED) is 0.527. The van der Waals surface area contributed by atoms with Gasteiger partial charge in [0.2, 0.25) is 0 Å². The predicted molar refractivity (Wildman–Crippen MR) is 110 cm³/mol. The number of carbonyl (C=O) groups excluding carboxylic acids is 1. The average Bonchev–Trinajstić information content (AvgIpc) is 3.14. The van der Waals surface area contributed by atoms with E-state index < -0.39 is 11.7 Å². The summed E-state index contributed by atoms with van der Waals surface area (Å²) in [6.45, 7) is 4.05. The van der Waals surface area contributed by atoms with E-state index in [4.69, 9.17) is 4.74 Å². The smallest absolute Gasteiger partial charge is 0.259 e. The summed E-state index contributed by atoms with van der Waals surface area (Å²) < 4.78 is 21.8. The molecule has 0 aliphatic rings. The van der Waals surface area contributed by atoms with Gasteiger partial charge in [-0.1, -0.05) is 24.3 Å². The molecule has 2 aromatic carbocycles. The highest BCUT2D eigenvalue weighted by atomic mass is 19.1. The summed E-state index contributed by atoms with van der Waals surface area (Å²) in [6.07, 6.45) is 3.82. The zero-order chi connectivity index (χ0) is 20.4. The number of carbonyl (C=O) groups is 1. The first kappa shape index (κ1) is 18.7. The minimum absolute atomic E-state index is 0.139. The first-order valence-electron chi connectivity index (χ1n) is 9.24. The number of aromatic nitrogens is 2. The molecule has 6 heteroatoms. The lowest BCUT2D eigenvalue weighted by atomic mass is 10.1. The number of halogens is 1. The molecule has 0 spiro atoms. The summed E-state index contributed by atoms with van der Waals surface area (Å²) in [4.78, 5) is 17.3. The van der Waals surface area contributed by atoms with Crippen molar-refractivity contribution in [1.82, 2.24) is 9.38 Å². The summed E-state index contributed by atoms with van der Waals surface area (Å²) in [5, 5.41) is 2.62. The number of rotatable bonds is 5. The van der Waals surface area contributed by atoms with Crippen LogP contribution in [0.5, 0.6) is 5.75 Å². The summed E-state index contributed by atoms with van der Waals surface area (Å²) >= 11 is 0. The van der Waals surface area contributed by atoms with Crippen LogP contribution >= 0.6 is 0 Å². The van der Waals surface area contributed by atoms with Crippen LogP contribution in [0.25, 0.3) is 5.65 Å². The molecular formula is C23H20FN3O2. The van der Waals surface area contributed by atoms with Gasteiger partial charge in [-0.25, -0.2) is 9.37 Å². The summed E-state index contributed by atoms with van der Waals surface area (Å²) in [5.41, 5.74) is 4.01. The number of hydrogen-bond donors (Lipinski definition) is 1. The van der Waals surface area contributed by atoms with Gasteiger partial charge >= 0.3 is 0 Å². The Morgan fingerprint density at radius 2 is 1.97 bits per heavy atom. The number of benzene rings is 2. The lowest BCUT2D eigenvalue weighted by Crippen LogP contribution is -2.14. The van der Waals surface area contributed by atoms with Crippen LogP contribution in [-0.2, 0) is 6.61 Å². The average molecular weight is 389 g/mol. The number of amides is 1. The second-order valence-electron chi connectivity index (χ2n) is 6.88. The Kier molecular flexibility index (Phi) is 4.99. The summed E-state index contributed by atoms with van der Waals surface area (Å²) in [7, 11) is 0. The molecule has 0 saturated heterocycles. The summed E-state index contributed by atoms with van der Waals surface area (Å²) in [6, 6.07) is 15.4. The maximum absolute atomic E-state index is 14.0. The van der Waals surface area contributed by atoms with Gasteiger partial charge in [0.15, 0.2) is 0 Å². The summed E-state index contributed by atoms with van der Waals surface area (Å²) in [5.74, 6) is -0.509. The molecule has 29 heavy (non-hydrogen) atoms. The fourth-order valence-corrected chi connectivity index (χ4v) is 3.13. The van der Waals surface area contributed by atoms with Gasteiger partial charge < -0.3 is 14.5 Å². The highest BCUT2D eigenvalue weighted by Crippen LogP contribution is 2.23. The number of para-hydroxylation sites is 1. The molecule has 0 radical (unpaired) electrons. The van der Waals surface area contributed by atoms with Gasteiger partial charge in [0, 0.05) is 12.4 Å². The predicted octanol–water partition coefficient (Wildman–Crippen LogP) is 4.92. The van der Waals surface area contributed by atoms with Crippen LogP contribution in [0, 0.1) is 19.7 Å². The Hall–Kier alpha value is -3.67. The molecule has 1 amide bonds. The molecule has 1 N–H and O–H groups in total. The first-order chi connectivity index (χ1) is 14.0. The topological polar surface area (TPSA) is 55.6 Å². The minimum atomic E-state index is -0.484. The van der Waals surface area contributed by atoms with E-state index in [0.717, 1.165) is 22.5 Å². The third kappa shape index (κ3) is 3.96. The minimum Gasteiger partial charge on any atom is -0.486 e. The second-order valence-corrected chi connectivity index (χ2v) is 6.88. The molecule has 0 fully saturated rings. The van der Waals surface area contributed by atoms with Crippen LogP contribution in [0.4, 0.5) is 10.1 Å². The van der Waals surface area contributed by atoms with Gasteiger partial charge in [-0.15, -0.1) is 0 Å². The van der Waals surface area contributed by atoms with Crippen molar-refractivity contribution in [3.8, 4) is 5.75 Å². The van der Waals surface area contributed by atoms with Crippen LogP contribution in [0.2, 0.25) is 0 Å². The third-order valence-corrected chi connectivity index (χ3v) is 4.61. The van der Waals surface area contributed by atoms with Crippen LogP contribution in [0.3, 0.4) is 0 Å². The number of nitrogens with one attached hydrogen (secondary N) is 1. The Balaban J connectivity index is 1.53. The Morgan fingerprint density at radius 3 is 2.79 bits per heavy atom. The molecule has 0 atom stereocenters. The third-order valence-electron chi connectivity index (χ3n) is 4.61. The Bertz CT molecular complexity index is 1200. The van der Waals surface area contributed by atoms with E-state index in [1.807, 2.05) is 42.8 Å². The monoisotopic (exact) mass is 389 g/mol. The molecule has 146 valence electrons. The van der Waals surface area contributed by atoms with Crippen LogP contribution in [0.1, 0.15) is 27.2 Å². The fourth-order valence-electron chi connectivity index (χ4n) is 3.13. The van der Waals surface area contributed by atoms with Crippen molar-refractivity contribution in [2.45, 2.75) is 20.5 Å². The number of anilines is 1. The number of nitrogens with zero attached hydrogens (tertiary/aromatic N) is 2. The van der Waals surface area contributed by atoms with E-state index in [0.29, 0.717) is 11.3 Å². The van der Waals surface area contributed by atoms with Crippen molar-refractivity contribution in [1.29, 1.82) is 0 Å². The molecule has 2 heterocycles. The van der Waals surface area contributed by atoms with Crippen molar-refractivity contribution in [2.75, 3.05) is 5.32 Å². The van der Waals surface area contributed by atoms with Gasteiger partial charge in [-0.2, -0.15) is 0 Å². The first-order valence-corrected chi connectivity index (χ1v) is 9.24.